The molecule has 1 saturated heterocycles. The fourth-order valence-electron chi connectivity index (χ4n) is 5.07. The Balaban J connectivity index is 0.000000257. The molecule has 7 heteroatoms. The Labute approximate surface area is 206 Å². The molecule has 34 heavy (non-hydrogen) atoms. The number of aliphatic hydroxyl groups excluding tert-OH is 1. The second-order valence-electron chi connectivity index (χ2n) is 10.7. The summed E-state index contributed by atoms with van der Waals surface area (Å²) in [6.07, 6.45) is 11.2. The molecule has 0 aromatic rings. The van der Waals surface area contributed by atoms with Gasteiger partial charge in [0.05, 0.1) is 30.7 Å². The first-order chi connectivity index (χ1) is 16.3. The van der Waals surface area contributed by atoms with Gasteiger partial charge in [0.25, 0.3) is 0 Å². The molecule has 3 aliphatic rings. The van der Waals surface area contributed by atoms with Crippen LogP contribution in [0.2, 0.25) is 0 Å². The molecule has 3 rings (SSSR count). The van der Waals surface area contributed by atoms with Gasteiger partial charge in [-0.15, -0.1) is 0 Å². The van der Waals surface area contributed by atoms with Crippen LogP contribution in [-0.4, -0.2) is 55.4 Å². The predicted octanol–water partition coefficient (Wildman–Crippen LogP) is 5.02. The van der Waals surface area contributed by atoms with Crippen LogP contribution in [-0.2, 0) is 28.5 Å². The summed E-state index contributed by atoms with van der Waals surface area (Å²) in [5.74, 6) is 0.736. The lowest BCUT2D eigenvalue weighted by Gasteiger charge is -2.30. The summed E-state index contributed by atoms with van der Waals surface area (Å²) >= 11 is 0. The molecule has 1 heterocycles. The van der Waals surface area contributed by atoms with Gasteiger partial charge in [0, 0.05) is 13.2 Å². The van der Waals surface area contributed by atoms with Gasteiger partial charge >= 0.3 is 11.9 Å². The molecule has 3 fully saturated rings. The number of carbonyl (C=O) groups is 2. The smallest absolute Gasteiger partial charge is 0.309 e. The summed E-state index contributed by atoms with van der Waals surface area (Å²) < 4.78 is 21.9. The van der Waals surface area contributed by atoms with Gasteiger partial charge in [0.1, 0.15) is 0 Å². The number of rotatable bonds is 8. The number of esters is 2. The molecule has 2 saturated carbocycles. The van der Waals surface area contributed by atoms with Crippen molar-refractivity contribution >= 4 is 11.9 Å². The van der Waals surface area contributed by atoms with Crippen LogP contribution in [0, 0.1) is 23.7 Å². The highest BCUT2D eigenvalue weighted by molar-refractivity contribution is 5.73. The Hall–Kier alpha value is -1.18. The van der Waals surface area contributed by atoms with Crippen LogP contribution in [0.1, 0.15) is 98.3 Å². The Morgan fingerprint density at radius 2 is 1.35 bits per heavy atom. The molecule has 2 aliphatic carbocycles. The maximum atomic E-state index is 12.0. The maximum Gasteiger partial charge on any atom is 0.309 e. The lowest BCUT2D eigenvalue weighted by molar-refractivity contribution is -0.172. The van der Waals surface area contributed by atoms with E-state index in [1.807, 2.05) is 27.7 Å². The zero-order valence-corrected chi connectivity index (χ0v) is 21.8. The molecule has 7 nitrogen and oxygen atoms in total. The van der Waals surface area contributed by atoms with E-state index in [0.717, 1.165) is 77.4 Å². The largest absolute Gasteiger partial charge is 0.463 e. The van der Waals surface area contributed by atoms with Crippen molar-refractivity contribution in [2.75, 3.05) is 19.8 Å². The maximum absolute atomic E-state index is 12.0. The molecular weight excluding hydrogens is 436 g/mol. The topological polar surface area (TPSA) is 91.3 Å². The first-order valence-corrected chi connectivity index (χ1v) is 13.5. The van der Waals surface area contributed by atoms with E-state index >= 15 is 0 Å². The van der Waals surface area contributed by atoms with Gasteiger partial charge in [-0.3, -0.25) is 9.59 Å². The highest BCUT2D eigenvalue weighted by Crippen LogP contribution is 2.31. The third-order valence-electron chi connectivity index (χ3n) is 6.85. The van der Waals surface area contributed by atoms with Crippen molar-refractivity contribution in [3.8, 4) is 0 Å². The molecule has 1 aliphatic heterocycles. The minimum atomic E-state index is -0.0850. The lowest BCUT2D eigenvalue weighted by Crippen LogP contribution is -2.30. The molecule has 0 amide bonds. The second kappa shape index (κ2) is 15.7. The summed E-state index contributed by atoms with van der Waals surface area (Å²) in [5, 5.41) is 9.02. The summed E-state index contributed by atoms with van der Waals surface area (Å²) in [7, 11) is 0. The molecule has 198 valence electrons. The number of hydrogen-bond donors (Lipinski definition) is 1. The molecule has 0 aromatic carbocycles. The molecule has 1 unspecified atom stereocenters. The third-order valence-corrected chi connectivity index (χ3v) is 6.85. The van der Waals surface area contributed by atoms with Crippen molar-refractivity contribution in [1.29, 1.82) is 0 Å². The molecule has 0 spiro atoms. The normalized spacial score (nSPS) is 29.8. The summed E-state index contributed by atoms with van der Waals surface area (Å²) in [6, 6.07) is 0. The average molecular weight is 485 g/mol. The van der Waals surface area contributed by atoms with Crippen molar-refractivity contribution in [1.82, 2.24) is 0 Å². The Kier molecular flexibility index (Phi) is 13.5. The van der Waals surface area contributed by atoms with E-state index in [1.165, 1.54) is 6.42 Å². The van der Waals surface area contributed by atoms with Gasteiger partial charge in [-0.25, -0.2) is 0 Å². The first kappa shape index (κ1) is 29.1. The van der Waals surface area contributed by atoms with E-state index in [2.05, 4.69) is 0 Å². The number of ether oxygens (including phenoxy) is 4. The summed E-state index contributed by atoms with van der Waals surface area (Å²) in [6.45, 7) is 9.28. The van der Waals surface area contributed by atoms with Crippen LogP contribution < -0.4 is 0 Å². The fourth-order valence-corrected chi connectivity index (χ4v) is 5.07. The van der Waals surface area contributed by atoms with Crippen LogP contribution >= 0.6 is 0 Å². The summed E-state index contributed by atoms with van der Waals surface area (Å²) in [5.41, 5.74) is 0. The fraction of sp³-hybridized carbons (Fsp3) is 0.926. The van der Waals surface area contributed by atoms with Crippen LogP contribution in [0.4, 0.5) is 0 Å². The van der Waals surface area contributed by atoms with E-state index < -0.39 is 0 Å². The van der Waals surface area contributed by atoms with E-state index in [-0.39, 0.29) is 48.9 Å². The van der Waals surface area contributed by atoms with Gasteiger partial charge in [0.15, 0.2) is 6.29 Å². The van der Waals surface area contributed by atoms with Gasteiger partial charge in [-0.1, -0.05) is 12.8 Å². The standard InChI is InChI=1S/C16H28O4.C11H20O3/c1-12(2)20-16(17)14-7-5-6-13(10-14)11-19-15-8-3-4-9-18-15;1-8(2)14-11(13)10-5-3-4-9(6-10)7-12/h12-15H,3-11H2,1-2H3;8-10,12H,3-7H2,1-2H3/t13-,14+,15?;9-,10+/m00/s1. The Morgan fingerprint density at radius 1 is 0.794 bits per heavy atom. The lowest BCUT2D eigenvalue weighted by atomic mass is 9.82. The molecule has 0 aromatic heterocycles. The first-order valence-electron chi connectivity index (χ1n) is 13.5. The van der Waals surface area contributed by atoms with Crippen LogP contribution in [0.3, 0.4) is 0 Å². The predicted molar refractivity (Wildman–Crippen MR) is 130 cm³/mol. The van der Waals surface area contributed by atoms with Crippen LogP contribution in [0.5, 0.6) is 0 Å². The van der Waals surface area contributed by atoms with E-state index in [9.17, 15) is 9.59 Å². The van der Waals surface area contributed by atoms with Gasteiger partial charge in [0.2, 0.25) is 0 Å². The quantitative estimate of drug-likeness (QED) is 0.483. The molecular formula is C27H48O7. The number of aliphatic hydroxyl groups is 1. The zero-order chi connectivity index (χ0) is 24.9. The third kappa shape index (κ3) is 11.0. The number of hydrogen-bond acceptors (Lipinski definition) is 7. The summed E-state index contributed by atoms with van der Waals surface area (Å²) in [4.78, 5) is 23.5. The molecule has 0 bridgehead atoms. The highest BCUT2D eigenvalue weighted by Gasteiger charge is 2.30. The van der Waals surface area contributed by atoms with Crippen molar-refractivity contribution in [3.63, 3.8) is 0 Å². The Morgan fingerprint density at radius 3 is 1.85 bits per heavy atom. The van der Waals surface area contributed by atoms with Crippen molar-refractivity contribution < 1.29 is 33.6 Å². The van der Waals surface area contributed by atoms with E-state index in [4.69, 9.17) is 24.1 Å². The number of carbonyl (C=O) groups excluding carboxylic acids is 2. The SMILES string of the molecule is CC(C)OC(=O)[C@@H]1CCC[C@H](CO)C1.CC(C)OC(=O)[C@@H]1CCC[C@H](COC2CCCCO2)C1. The monoisotopic (exact) mass is 484 g/mol. The van der Waals surface area contributed by atoms with E-state index in [0.29, 0.717) is 11.8 Å². The zero-order valence-electron chi connectivity index (χ0n) is 21.8. The molecule has 5 atom stereocenters. The Bertz CT molecular complexity index is 586. The van der Waals surface area contributed by atoms with Crippen LogP contribution in [0.15, 0.2) is 0 Å². The highest BCUT2D eigenvalue weighted by atomic mass is 16.7. The van der Waals surface area contributed by atoms with Crippen molar-refractivity contribution in [3.05, 3.63) is 0 Å². The molecule has 0 radical (unpaired) electrons. The van der Waals surface area contributed by atoms with Crippen molar-refractivity contribution in [2.24, 2.45) is 23.7 Å². The van der Waals surface area contributed by atoms with Crippen LogP contribution in [0.25, 0.3) is 0 Å². The van der Waals surface area contributed by atoms with Gasteiger partial charge < -0.3 is 24.1 Å². The van der Waals surface area contributed by atoms with Gasteiger partial charge in [-0.2, -0.15) is 0 Å². The second-order valence-corrected chi connectivity index (χ2v) is 10.7. The van der Waals surface area contributed by atoms with E-state index in [1.54, 1.807) is 0 Å². The minimum absolute atomic E-state index is 0.0169. The average Bonchev–Trinajstić information content (AvgIpc) is 2.83. The molecule has 1 N–H and O–H groups in total. The van der Waals surface area contributed by atoms with Gasteiger partial charge in [-0.05, 0) is 97.3 Å². The minimum Gasteiger partial charge on any atom is -0.463 e. The van der Waals surface area contributed by atoms with Crippen molar-refractivity contribution in [2.45, 2.75) is 117 Å².